The maximum atomic E-state index is 6.06. The monoisotopic (exact) mass is 370 g/mol. The van der Waals surface area contributed by atoms with Crippen molar-refractivity contribution in [2.45, 2.75) is 38.9 Å². The molecule has 1 aliphatic rings. The van der Waals surface area contributed by atoms with Crippen LogP contribution in [0.5, 0.6) is 5.75 Å². The molecule has 0 bridgehead atoms. The standard InChI is InChI=1S/C21H24BClO3/c1-20(2)21(3,4)26-22(25-20)17-9-13-19(14-10-17)24-15-5-6-16-7-11-18(23)12-8-16/h5-14H,15H2,1-4H3/b6-5+. The predicted molar refractivity (Wildman–Crippen MR) is 108 cm³/mol. The lowest BCUT2D eigenvalue weighted by atomic mass is 9.79. The van der Waals surface area contributed by atoms with Gasteiger partial charge in [-0.05, 0) is 69.1 Å². The van der Waals surface area contributed by atoms with E-state index in [1.165, 1.54) is 0 Å². The highest BCUT2D eigenvalue weighted by atomic mass is 35.5. The molecular weight excluding hydrogens is 346 g/mol. The fourth-order valence-electron chi connectivity index (χ4n) is 2.60. The number of rotatable bonds is 5. The molecule has 136 valence electrons. The van der Waals surface area contributed by atoms with E-state index in [1.54, 1.807) is 0 Å². The van der Waals surface area contributed by atoms with Crippen molar-refractivity contribution in [1.82, 2.24) is 0 Å². The maximum absolute atomic E-state index is 6.06. The van der Waals surface area contributed by atoms with E-state index in [9.17, 15) is 0 Å². The SMILES string of the molecule is CC1(C)OB(c2ccc(OC/C=C/c3ccc(Cl)cc3)cc2)OC1(C)C. The van der Waals surface area contributed by atoms with E-state index in [1.807, 2.05) is 60.7 Å². The van der Waals surface area contributed by atoms with Crippen molar-refractivity contribution in [3.8, 4) is 5.75 Å². The van der Waals surface area contributed by atoms with Crippen LogP contribution in [0.1, 0.15) is 33.3 Å². The molecule has 0 atom stereocenters. The molecule has 0 amide bonds. The van der Waals surface area contributed by atoms with Gasteiger partial charge in [0.2, 0.25) is 0 Å². The van der Waals surface area contributed by atoms with E-state index in [0.717, 1.165) is 21.8 Å². The lowest BCUT2D eigenvalue weighted by Gasteiger charge is -2.32. The van der Waals surface area contributed by atoms with Crippen LogP contribution in [0.2, 0.25) is 5.02 Å². The third kappa shape index (κ3) is 4.32. The van der Waals surface area contributed by atoms with Crippen molar-refractivity contribution in [3.63, 3.8) is 0 Å². The van der Waals surface area contributed by atoms with Gasteiger partial charge in [-0.1, -0.05) is 41.9 Å². The fourth-order valence-corrected chi connectivity index (χ4v) is 2.73. The lowest BCUT2D eigenvalue weighted by Crippen LogP contribution is -2.41. The first-order chi connectivity index (χ1) is 12.3. The third-order valence-corrected chi connectivity index (χ3v) is 5.18. The Morgan fingerprint density at radius 2 is 1.50 bits per heavy atom. The predicted octanol–water partition coefficient (Wildman–Crippen LogP) is 4.73. The van der Waals surface area contributed by atoms with Gasteiger partial charge in [-0.15, -0.1) is 0 Å². The minimum Gasteiger partial charge on any atom is -0.490 e. The molecule has 2 aromatic rings. The molecule has 0 saturated carbocycles. The molecule has 0 aliphatic carbocycles. The zero-order valence-electron chi connectivity index (χ0n) is 15.7. The van der Waals surface area contributed by atoms with Crippen LogP contribution in [0, 0.1) is 0 Å². The molecule has 3 rings (SSSR count). The van der Waals surface area contributed by atoms with Gasteiger partial charge < -0.3 is 14.0 Å². The van der Waals surface area contributed by atoms with E-state index < -0.39 is 0 Å². The summed E-state index contributed by atoms with van der Waals surface area (Å²) in [6.07, 6.45) is 3.99. The Balaban J connectivity index is 1.54. The van der Waals surface area contributed by atoms with E-state index >= 15 is 0 Å². The van der Waals surface area contributed by atoms with Gasteiger partial charge in [0.25, 0.3) is 0 Å². The Morgan fingerprint density at radius 3 is 2.08 bits per heavy atom. The fraction of sp³-hybridized carbons (Fsp3) is 0.333. The second-order valence-electron chi connectivity index (χ2n) is 7.42. The van der Waals surface area contributed by atoms with Crippen molar-refractivity contribution in [2.24, 2.45) is 0 Å². The van der Waals surface area contributed by atoms with E-state index in [0.29, 0.717) is 6.61 Å². The average Bonchev–Trinajstić information content (AvgIpc) is 2.82. The largest absolute Gasteiger partial charge is 0.494 e. The van der Waals surface area contributed by atoms with Crippen LogP contribution in [0.15, 0.2) is 54.6 Å². The molecule has 1 fully saturated rings. The highest BCUT2D eigenvalue weighted by molar-refractivity contribution is 6.62. The van der Waals surface area contributed by atoms with Crippen LogP contribution in [0.25, 0.3) is 6.08 Å². The van der Waals surface area contributed by atoms with Gasteiger partial charge in [0, 0.05) is 5.02 Å². The van der Waals surface area contributed by atoms with Gasteiger partial charge in [0.1, 0.15) is 12.4 Å². The molecule has 5 heteroatoms. The highest BCUT2D eigenvalue weighted by Crippen LogP contribution is 2.36. The molecule has 1 heterocycles. The van der Waals surface area contributed by atoms with Gasteiger partial charge in [0.05, 0.1) is 11.2 Å². The average molecular weight is 371 g/mol. The van der Waals surface area contributed by atoms with Gasteiger partial charge in [-0.3, -0.25) is 0 Å². The smallest absolute Gasteiger partial charge is 0.490 e. The quantitative estimate of drug-likeness (QED) is 0.712. The molecule has 0 radical (unpaired) electrons. The summed E-state index contributed by atoms with van der Waals surface area (Å²) >= 11 is 5.88. The van der Waals surface area contributed by atoms with Gasteiger partial charge >= 0.3 is 7.12 Å². The summed E-state index contributed by atoms with van der Waals surface area (Å²) in [5.41, 5.74) is 1.42. The highest BCUT2D eigenvalue weighted by Gasteiger charge is 2.51. The molecule has 3 nitrogen and oxygen atoms in total. The summed E-state index contributed by atoms with van der Waals surface area (Å²) in [7, 11) is -0.348. The molecule has 1 aliphatic heterocycles. The Bertz CT molecular complexity index is 751. The summed E-state index contributed by atoms with van der Waals surface area (Å²) in [6.45, 7) is 8.71. The van der Waals surface area contributed by atoms with Crippen LogP contribution in [0.3, 0.4) is 0 Å². The van der Waals surface area contributed by atoms with Crippen molar-refractivity contribution >= 4 is 30.3 Å². The van der Waals surface area contributed by atoms with Gasteiger partial charge in [0.15, 0.2) is 0 Å². The van der Waals surface area contributed by atoms with Crippen LogP contribution < -0.4 is 10.2 Å². The molecule has 26 heavy (non-hydrogen) atoms. The zero-order valence-corrected chi connectivity index (χ0v) is 16.4. The molecular formula is C21H24BClO3. The summed E-state index contributed by atoms with van der Waals surface area (Å²) in [5.74, 6) is 0.811. The minimum atomic E-state index is -0.348. The van der Waals surface area contributed by atoms with E-state index in [2.05, 4.69) is 27.7 Å². The van der Waals surface area contributed by atoms with Crippen molar-refractivity contribution in [1.29, 1.82) is 0 Å². The van der Waals surface area contributed by atoms with Gasteiger partial charge in [-0.25, -0.2) is 0 Å². The summed E-state index contributed by atoms with van der Waals surface area (Å²) < 4.78 is 17.9. The second kappa shape index (κ2) is 7.47. The topological polar surface area (TPSA) is 27.7 Å². The lowest BCUT2D eigenvalue weighted by molar-refractivity contribution is 0.00578. The van der Waals surface area contributed by atoms with Crippen LogP contribution >= 0.6 is 11.6 Å². The van der Waals surface area contributed by atoms with Crippen molar-refractivity contribution < 1.29 is 14.0 Å². The molecule has 0 aromatic heterocycles. The van der Waals surface area contributed by atoms with Crippen LogP contribution in [-0.4, -0.2) is 24.9 Å². The third-order valence-electron chi connectivity index (χ3n) is 4.93. The maximum Gasteiger partial charge on any atom is 0.494 e. The molecule has 2 aromatic carbocycles. The molecule has 1 saturated heterocycles. The van der Waals surface area contributed by atoms with Crippen molar-refractivity contribution in [2.75, 3.05) is 6.61 Å². The minimum absolute atomic E-state index is 0.334. The number of benzene rings is 2. The number of ether oxygens (including phenoxy) is 1. The van der Waals surface area contributed by atoms with E-state index in [4.69, 9.17) is 25.6 Å². The Kier molecular flexibility index (Phi) is 5.47. The summed E-state index contributed by atoms with van der Waals surface area (Å²) in [6, 6.07) is 15.5. The zero-order chi connectivity index (χ0) is 18.8. The normalized spacial score (nSPS) is 18.4. The van der Waals surface area contributed by atoms with Crippen molar-refractivity contribution in [3.05, 3.63) is 65.2 Å². The molecule has 0 N–H and O–H groups in total. The Labute approximate surface area is 161 Å². The Hall–Kier alpha value is -1.75. The second-order valence-corrected chi connectivity index (χ2v) is 7.86. The first-order valence-corrected chi connectivity index (χ1v) is 9.15. The number of hydrogen-bond acceptors (Lipinski definition) is 3. The summed E-state index contributed by atoms with van der Waals surface area (Å²) in [4.78, 5) is 0. The van der Waals surface area contributed by atoms with Gasteiger partial charge in [-0.2, -0.15) is 0 Å². The van der Waals surface area contributed by atoms with Crippen LogP contribution in [0.4, 0.5) is 0 Å². The Morgan fingerprint density at radius 1 is 0.923 bits per heavy atom. The number of halogens is 1. The first-order valence-electron chi connectivity index (χ1n) is 8.77. The van der Waals surface area contributed by atoms with E-state index in [-0.39, 0.29) is 18.3 Å². The first kappa shape index (κ1) is 19.0. The number of hydrogen-bond donors (Lipinski definition) is 0. The molecule has 0 spiro atoms. The molecule has 0 unspecified atom stereocenters. The van der Waals surface area contributed by atoms with Crippen LogP contribution in [-0.2, 0) is 9.31 Å². The summed E-state index contributed by atoms with van der Waals surface area (Å²) in [5, 5.41) is 0.737.